The molecule has 0 bridgehead atoms. The maximum atomic E-state index is 12.4. The van der Waals surface area contributed by atoms with Crippen LogP contribution in [0.2, 0.25) is 0 Å². The Kier molecular flexibility index (Phi) is 6.38. The van der Waals surface area contributed by atoms with Crippen LogP contribution in [-0.2, 0) is 11.3 Å². The zero-order valence-corrected chi connectivity index (χ0v) is 15.5. The lowest BCUT2D eigenvalue weighted by Crippen LogP contribution is -2.55. The number of aromatic nitrogens is 1. The van der Waals surface area contributed by atoms with Crippen LogP contribution in [0.5, 0.6) is 0 Å². The van der Waals surface area contributed by atoms with Gasteiger partial charge in [0.1, 0.15) is 5.82 Å². The number of carbonyl (C=O) groups is 2. The van der Waals surface area contributed by atoms with E-state index in [1.54, 1.807) is 6.20 Å². The first-order chi connectivity index (χ1) is 13.1. The van der Waals surface area contributed by atoms with Crippen molar-refractivity contribution in [3.05, 3.63) is 60.3 Å². The van der Waals surface area contributed by atoms with Crippen molar-refractivity contribution in [2.75, 3.05) is 31.1 Å². The number of hydrogen-bond donors (Lipinski definition) is 2. The van der Waals surface area contributed by atoms with Gasteiger partial charge in [-0.05, 0) is 24.6 Å². The van der Waals surface area contributed by atoms with E-state index in [4.69, 9.17) is 0 Å². The molecule has 1 atom stereocenters. The third kappa shape index (κ3) is 5.27. The van der Waals surface area contributed by atoms with Gasteiger partial charge >= 0.3 is 6.03 Å². The molecule has 7 nitrogen and oxygen atoms in total. The molecular weight excluding hydrogens is 342 g/mol. The van der Waals surface area contributed by atoms with Crippen molar-refractivity contribution in [2.24, 2.45) is 0 Å². The van der Waals surface area contributed by atoms with Crippen molar-refractivity contribution in [2.45, 2.75) is 19.5 Å². The van der Waals surface area contributed by atoms with Crippen LogP contribution in [0.15, 0.2) is 54.7 Å². The van der Waals surface area contributed by atoms with E-state index < -0.39 is 6.03 Å². The van der Waals surface area contributed by atoms with Crippen molar-refractivity contribution in [3.8, 4) is 0 Å². The molecule has 0 radical (unpaired) electrons. The molecule has 0 aliphatic carbocycles. The minimum Gasteiger partial charge on any atom is -0.354 e. The van der Waals surface area contributed by atoms with Gasteiger partial charge in [0.05, 0.1) is 6.04 Å². The maximum absolute atomic E-state index is 12.4. The molecule has 0 spiro atoms. The average molecular weight is 367 g/mol. The molecule has 1 aromatic heterocycles. The summed E-state index contributed by atoms with van der Waals surface area (Å²) in [4.78, 5) is 33.0. The normalized spacial score (nSPS) is 15.8. The summed E-state index contributed by atoms with van der Waals surface area (Å²) >= 11 is 0. The van der Waals surface area contributed by atoms with Crippen molar-refractivity contribution >= 4 is 17.8 Å². The van der Waals surface area contributed by atoms with Crippen LogP contribution in [0.25, 0.3) is 0 Å². The van der Waals surface area contributed by atoms with Crippen molar-refractivity contribution in [1.82, 2.24) is 20.5 Å². The third-order valence-corrected chi connectivity index (χ3v) is 4.75. The van der Waals surface area contributed by atoms with Crippen LogP contribution in [0.3, 0.4) is 0 Å². The average Bonchev–Trinajstić information content (AvgIpc) is 2.73. The van der Waals surface area contributed by atoms with Gasteiger partial charge in [0.15, 0.2) is 0 Å². The number of amides is 3. The highest BCUT2D eigenvalue weighted by Gasteiger charge is 2.26. The standard InChI is InChI=1S/C20H25N5O2/c1-16(19(26)23-20(27)22-15-17-7-3-2-4-8-17)24-11-13-25(14-12-24)18-9-5-6-10-21-18/h2-10,16H,11-15H2,1H3,(H2,22,23,26,27)/t16-/m1/s1. The smallest absolute Gasteiger partial charge is 0.321 e. The fourth-order valence-electron chi connectivity index (χ4n) is 3.08. The maximum Gasteiger partial charge on any atom is 0.321 e. The molecule has 3 amide bonds. The van der Waals surface area contributed by atoms with Crippen LogP contribution >= 0.6 is 0 Å². The highest BCUT2D eigenvalue weighted by molar-refractivity contribution is 5.96. The highest BCUT2D eigenvalue weighted by Crippen LogP contribution is 2.14. The molecule has 2 N–H and O–H groups in total. The second-order valence-electron chi connectivity index (χ2n) is 6.54. The molecule has 2 aromatic rings. The van der Waals surface area contributed by atoms with Gasteiger partial charge in [-0.2, -0.15) is 0 Å². The van der Waals surface area contributed by atoms with E-state index in [1.807, 2.05) is 55.5 Å². The first-order valence-corrected chi connectivity index (χ1v) is 9.16. The van der Waals surface area contributed by atoms with E-state index in [2.05, 4.69) is 25.4 Å². The number of imide groups is 1. The fraction of sp³-hybridized carbons (Fsp3) is 0.350. The molecule has 1 saturated heterocycles. The van der Waals surface area contributed by atoms with Crippen LogP contribution < -0.4 is 15.5 Å². The predicted molar refractivity (Wildman–Crippen MR) is 104 cm³/mol. The van der Waals surface area contributed by atoms with Crippen molar-refractivity contribution < 1.29 is 9.59 Å². The summed E-state index contributed by atoms with van der Waals surface area (Å²) in [5.41, 5.74) is 0.985. The second kappa shape index (κ2) is 9.14. The van der Waals surface area contributed by atoms with E-state index in [0.29, 0.717) is 6.54 Å². The van der Waals surface area contributed by atoms with Crippen molar-refractivity contribution in [3.63, 3.8) is 0 Å². The summed E-state index contributed by atoms with van der Waals surface area (Å²) in [7, 11) is 0. The minimum atomic E-state index is -0.470. The molecule has 0 unspecified atom stereocenters. The number of urea groups is 1. The Morgan fingerprint density at radius 1 is 1.04 bits per heavy atom. The number of rotatable bonds is 5. The molecular formula is C20H25N5O2. The van der Waals surface area contributed by atoms with Gasteiger partial charge in [-0.3, -0.25) is 15.0 Å². The molecule has 142 valence electrons. The fourth-order valence-corrected chi connectivity index (χ4v) is 3.08. The Morgan fingerprint density at radius 2 is 1.74 bits per heavy atom. The molecule has 1 aliphatic rings. The molecule has 1 aromatic carbocycles. The predicted octanol–water partition coefficient (Wildman–Crippen LogP) is 1.62. The van der Waals surface area contributed by atoms with E-state index in [9.17, 15) is 9.59 Å². The van der Waals surface area contributed by atoms with Gasteiger partial charge in [-0.25, -0.2) is 9.78 Å². The number of nitrogens with zero attached hydrogens (tertiary/aromatic N) is 3. The van der Waals surface area contributed by atoms with E-state index in [1.165, 1.54) is 0 Å². The van der Waals surface area contributed by atoms with Crippen LogP contribution in [0.4, 0.5) is 10.6 Å². The van der Waals surface area contributed by atoms with E-state index in [-0.39, 0.29) is 11.9 Å². The first kappa shape index (κ1) is 18.8. The van der Waals surface area contributed by atoms with Gasteiger partial charge in [0.2, 0.25) is 5.91 Å². The topological polar surface area (TPSA) is 77.6 Å². The first-order valence-electron chi connectivity index (χ1n) is 9.16. The van der Waals surface area contributed by atoms with Crippen LogP contribution in [-0.4, -0.2) is 54.0 Å². The lowest BCUT2D eigenvalue weighted by molar-refractivity contribution is -0.124. The summed E-state index contributed by atoms with van der Waals surface area (Å²) in [5.74, 6) is 0.668. The molecule has 7 heteroatoms. The van der Waals surface area contributed by atoms with Crippen LogP contribution in [0.1, 0.15) is 12.5 Å². The number of piperazine rings is 1. The Hall–Kier alpha value is -2.93. The second-order valence-corrected chi connectivity index (χ2v) is 6.54. The van der Waals surface area contributed by atoms with E-state index >= 15 is 0 Å². The molecule has 1 aliphatic heterocycles. The monoisotopic (exact) mass is 367 g/mol. The zero-order valence-electron chi connectivity index (χ0n) is 15.5. The number of pyridine rings is 1. The molecule has 0 saturated carbocycles. The summed E-state index contributed by atoms with van der Waals surface area (Å²) in [6.45, 7) is 5.31. The molecule has 3 rings (SSSR count). The lowest BCUT2D eigenvalue weighted by atomic mass is 10.2. The Labute approximate surface area is 159 Å². The Bertz CT molecular complexity index is 745. The summed E-state index contributed by atoms with van der Waals surface area (Å²) < 4.78 is 0. The van der Waals surface area contributed by atoms with Gasteiger partial charge in [-0.1, -0.05) is 36.4 Å². The Balaban J connectivity index is 1.43. The summed E-state index contributed by atoms with van der Waals surface area (Å²) in [6, 6.07) is 14.6. The Morgan fingerprint density at radius 3 is 2.41 bits per heavy atom. The summed E-state index contributed by atoms with van der Waals surface area (Å²) in [5, 5.41) is 5.14. The number of anilines is 1. The van der Waals surface area contributed by atoms with E-state index in [0.717, 1.165) is 37.6 Å². The molecule has 2 heterocycles. The number of hydrogen-bond acceptors (Lipinski definition) is 5. The highest BCUT2D eigenvalue weighted by atomic mass is 16.2. The number of carbonyl (C=O) groups excluding carboxylic acids is 2. The molecule has 1 fully saturated rings. The number of benzene rings is 1. The lowest BCUT2D eigenvalue weighted by Gasteiger charge is -2.37. The third-order valence-electron chi connectivity index (χ3n) is 4.75. The van der Waals surface area contributed by atoms with Crippen molar-refractivity contribution in [1.29, 1.82) is 0 Å². The van der Waals surface area contributed by atoms with Gasteiger partial charge < -0.3 is 10.2 Å². The van der Waals surface area contributed by atoms with Gasteiger partial charge in [-0.15, -0.1) is 0 Å². The zero-order chi connectivity index (χ0) is 19.1. The van der Waals surface area contributed by atoms with Gasteiger partial charge in [0, 0.05) is 38.9 Å². The quantitative estimate of drug-likeness (QED) is 0.840. The SMILES string of the molecule is C[C@H](C(=O)NC(=O)NCc1ccccc1)N1CCN(c2ccccn2)CC1. The molecule has 27 heavy (non-hydrogen) atoms. The largest absolute Gasteiger partial charge is 0.354 e. The van der Waals surface area contributed by atoms with Gasteiger partial charge in [0.25, 0.3) is 0 Å². The van der Waals surface area contributed by atoms with Crippen LogP contribution in [0, 0.1) is 0 Å². The number of nitrogens with one attached hydrogen (secondary N) is 2. The summed E-state index contributed by atoms with van der Waals surface area (Å²) in [6.07, 6.45) is 1.78. The minimum absolute atomic E-state index is 0.285.